The number of aryl methyl sites for hydroxylation is 1. The summed E-state index contributed by atoms with van der Waals surface area (Å²) < 4.78 is 12.8. The van der Waals surface area contributed by atoms with Gasteiger partial charge in [-0.15, -0.1) is 0 Å². The van der Waals surface area contributed by atoms with Crippen molar-refractivity contribution in [3.05, 3.63) is 80.0 Å². The molecule has 0 atom stereocenters. The molecule has 146 valence electrons. The molecule has 0 saturated heterocycles. The summed E-state index contributed by atoms with van der Waals surface area (Å²) in [6, 6.07) is 12.2. The number of methoxy groups -OCH3 is 1. The number of rotatable bonds is 5. The van der Waals surface area contributed by atoms with Gasteiger partial charge in [-0.3, -0.25) is 0 Å². The number of hydrogen-bond acceptors (Lipinski definition) is 3. The Kier molecular flexibility index (Phi) is 6.23. The van der Waals surface area contributed by atoms with E-state index in [-0.39, 0.29) is 6.61 Å². The molecule has 0 bridgehead atoms. The maximum Gasteiger partial charge on any atom is 0.340 e. The average Bonchev–Trinajstić information content (AvgIpc) is 2.95. The number of benzene rings is 2. The maximum atomic E-state index is 12.7. The second kappa shape index (κ2) is 8.48. The first-order valence-electron chi connectivity index (χ1n) is 8.46. The molecule has 3 aromatic rings. The number of ether oxygens (including phenoxy) is 2. The molecule has 0 saturated carbocycles. The molecule has 28 heavy (non-hydrogen) atoms. The van der Waals surface area contributed by atoms with Crippen molar-refractivity contribution >= 4 is 40.8 Å². The molecule has 0 aliphatic rings. The Hall–Kier alpha value is -2.14. The highest BCUT2D eigenvalue weighted by Crippen LogP contribution is 2.31. The summed E-state index contributed by atoms with van der Waals surface area (Å²) in [6.45, 7) is 3.73. The molecule has 7 heteroatoms. The zero-order chi connectivity index (χ0) is 20.4. The van der Waals surface area contributed by atoms with Gasteiger partial charge in [0.25, 0.3) is 0 Å². The van der Waals surface area contributed by atoms with Crippen LogP contribution in [-0.4, -0.2) is 17.6 Å². The minimum absolute atomic E-state index is 0.0124. The van der Waals surface area contributed by atoms with Crippen LogP contribution in [0, 0.1) is 13.8 Å². The van der Waals surface area contributed by atoms with E-state index < -0.39 is 5.97 Å². The van der Waals surface area contributed by atoms with Crippen LogP contribution in [0.1, 0.15) is 27.3 Å². The highest BCUT2D eigenvalue weighted by atomic mass is 35.5. The lowest BCUT2D eigenvalue weighted by atomic mass is 10.2. The quantitative estimate of drug-likeness (QED) is 0.432. The van der Waals surface area contributed by atoms with E-state index in [2.05, 4.69) is 0 Å². The van der Waals surface area contributed by atoms with Crippen LogP contribution in [0.25, 0.3) is 5.69 Å². The van der Waals surface area contributed by atoms with Crippen molar-refractivity contribution in [2.24, 2.45) is 0 Å². The lowest BCUT2D eigenvalue weighted by Gasteiger charge is -2.14. The predicted octanol–water partition coefficient (Wildman–Crippen LogP) is 6.42. The van der Waals surface area contributed by atoms with Gasteiger partial charge < -0.3 is 14.0 Å². The van der Waals surface area contributed by atoms with Gasteiger partial charge in [-0.25, -0.2) is 4.79 Å². The second-order valence-corrected chi connectivity index (χ2v) is 7.46. The fourth-order valence-corrected chi connectivity index (χ4v) is 3.74. The van der Waals surface area contributed by atoms with Crippen LogP contribution in [0.4, 0.5) is 0 Å². The SMILES string of the molecule is COc1ccc(Cl)cc1-n1c(C)cc(C(=O)OCc2c(Cl)cccc2Cl)c1C. The standard InChI is InChI=1S/C21H18Cl3NO3/c1-12-9-15(21(26)28-11-16-17(23)5-4-6-18(16)24)13(2)25(12)19-10-14(22)7-8-20(19)27-3/h4-10H,11H2,1-3H3. The Bertz CT molecular complexity index is 1020. The van der Waals surface area contributed by atoms with Gasteiger partial charge in [-0.1, -0.05) is 40.9 Å². The van der Waals surface area contributed by atoms with Crippen molar-refractivity contribution in [1.29, 1.82) is 0 Å². The van der Waals surface area contributed by atoms with Gasteiger partial charge in [0.15, 0.2) is 0 Å². The number of carbonyl (C=O) groups is 1. The largest absolute Gasteiger partial charge is 0.495 e. The minimum Gasteiger partial charge on any atom is -0.495 e. The smallest absolute Gasteiger partial charge is 0.340 e. The van der Waals surface area contributed by atoms with Gasteiger partial charge in [0, 0.05) is 32.0 Å². The molecule has 4 nitrogen and oxygen atoms in total. The molecule has 0 unspecified atom stereocenters. The molecule has 0 amide bonds. The van der Waals surface area contributed by atoms with Gasteiger partial charge >= 0.3 is 5.97 Å². The van der Waals surface area contributed by atoms with Crippen molar-refractivity contribution in [2.75, 3.05) is 7.11 Å². The third-order valence-electron chi connectivity index (χ3n) is 4.44. The van der Waals surface area contributed by atoms with E-state index in [4.69, 9.17) is 44.3 Å². The third-order valence-corrected chi connectivity index (χ3v) is 5.39. The van der Waals surface area contributed by atoms with E-state index in [0.717, 1.165) is 11.4 Å². The van der Waals surface area contributed by atoms with E-state index >= 15 is 0 Å². The topological polar surface area (TPSA) is 40.5 Å². The molecule has 3 rings (SSSR count). The highest BCUT2D eigenvalue weighted by Gasteiger charge is 2.20. The van der Waals surface area contributed by atoms with Crippen molar-refractivity contribution in [3.8, 4) is 11.4 Å². The highest BCUT2D eigenvalue weighted by molar-refractivity contribution is 6.36. The lowest BCUT2D eigenvalue weighted by molar-refractivity contribution is 0.0472. The molecule has 2 aromatic carbocycles. The molecule has 1 heterocycles. The first-order valence-corrected chi connectivity index (χ1v) is 9.59. The predicted molar refractivity (Wildman–Crippen MR) is 112 cm³/mol. The molecular formula is C21H18Cl3NO3. The average molecular weight is 439 g/mol. The summed E-state index contributed by atoms with van der Waals surface area (Å²) in [5, 5.41) is 1.48. The van der Waals surface area contributed by atoms with Crippen LogP contribution in [0.3, 0.4) is 0 Å². The first kappa shape index (κ1) is 20.6. The summed E-state index contributed by atoms with van der Waals surface area (Å²) >= 11 is 18.4. The Morgan fingerprint density at radius 2 is 1.71 bits per heavy atom. The second-order valence-electron chi connectivity index (χ2n) is 6.21. The van der Waals surface area contributed by atoms with Crippen LogP contribution in [0.15, 0.2) is 42.5 Å². The Morgan fingerprint density at radius 3 is 2.36 bits per heavy atom. The summed E-state index contributed by atoms with van der Waals surface area (Å²) in [7, 11) is 1.59. The van der Waals surface area contributed by atoms with Gasteiger partial charge in [-0.2, -0.15) is 0 Å². The monoisotopic (exact) mass is 437 g/mol. The normalized spacial score (nSPS) is 10.8. The molecule has 0 N–H and O–H groups in total. The summed E-state index contributed by atoms with van der Waals surface area (Å²) in [5.41, 5.74) is 3.33. The molecule has 0 fully saturated rings. The van der Waals surface area contributed by atoms with Crippen molar-refractivity contribution in [3.63, 3.8) is 0 Å². The van der Waals surface area contributed by atoms with Crippen LogP contribution in [0.2, 0.25) is 15.1 Å². The van der Waals surface area contributed by atoms with E-state index in [1.807, 2.05) is 18.4 Å². The first-order chi connectivity index (χ1) is 13.3. The maximum absolute atomic E-state index is 12.7. The van der Waals surface area contributed by atoms with Crippen LogP contribution in [0.5, 0.6) is 5.75 Å². The van der Waals surface area contributed by atoms with E-state index in [0.29, 0.717) is 37.6 Å². The third kappa shape index (κ3) is 4.00. The summed E-state index contributed by atoms with van der Waals surface area (Å²) in [6.07, 6.45) is 0. The van der Waals surface area contributed by atoms with Crippen LogP contribution < -0.4 is 4.74 Å². The number of esters is 1. The number of hydrogen-bond donors (Lipinski definition) is 0. The van der Waals surface area contributed by atoms with Crippen LogP contribution >= 0.6 is 34.8 Å². The summed E-state index contributed by atoms with van der Waals surface area (Å²) in [4.78, 5) is 12.7. The van der Waals surface area contributed by atoms with Gasteiger partial charge in [0.1, 0.15) is 12.4 Å². The fraction of sp³-hybridized carbons (Fsp3) is 0.190. The lowest BCUT2D eigenvalue weighted by Crippen LogP contribution is -2.08. The molecular weight excluding hydrogens is 421 g/mol. The Labute approximate surface area is 178 Å². The van der Waals surface area contributed by atoms with E-state index in [1.54, 1.807) is 49.6 Å². The van der Waals surface area contributed by atoms with E-state index in [1.165, 1.54) is 0 Å². The Balaban J connectivity index is 1.92. The fourth-order valence-electron chi connectivity index (χ4n) is 3.06. The molecule has 0 aliphatic heterocycles. The molecule has 0 aliphatic carbocycles. The van der Waals surface area contributed by atoms with Gasteiger partial charge in [-0.05, 0) is 50.2 Å². The van der Waals surface area contributed by atoms with Gasteiger partial charge in [0.2, 0.25) is 0 Å². The van der Waals surface area contributed by atoms with Crippen molar-refractivity contribution < 1.29 is 14.3 Å². The zero-order valence-corrected chi connectivity index (χ0v) is 17.8. The molecule has 1 aromatic heterocycles. The molecule has 0 radical (unpaired) electrons. The number of halogens is 3. The van der Waals surface area contributed by atoms with Crippen LogP contribution in [-0.2, 0) is 11.3 Å². The number of aromatic nitrogens is 1. The van der Waals surface area contributed by atoms with Gasteiger partial charge in [0.05, 0.1) is 18.4 Å². The summed E-state index contributed by atoms with van der Waals surface area (Å²) in [5.74, 6) is 0.185. The molecule has 0 spiro atoms. The number of carbonyl (C=O) groups excluding carboxylic acids is 1. The van der Waals surface area contributed by atoms with Crippen molar-refractivity contribution in [2.45, 2.75) is 20.5 Å². The van der Waals surface area contributed by atoms with E-state index in [9.17, 15) is 4.79 Å². The van der Waals surface area contributed by atoms with Crippen molar-refractivity contribution in [1.82, 2.24) is 4.57 Å². The zero-order valence-electron chi connectivity index (χ0n) is 15.6. The minimum atomic E-state index is -0.462. The number of nitrogens with zero attached hydrogens (tertiary/aromatic N) is 1. The Morgan fingerprint density at radius 1 is 1.04 bits per heavy atom.